The quantitative estimate of drug-likeness (QED) is 0.607. The number of benzene rings is 2. The van der Waals surface area contributed by atoms with E-state index in [-0.39, 0.29) is 12.2 Å². The largest absolute Gasteiger partial charge is 0.429 e. The Hall–Kier alpha value is -2.51. The highest BCUT2D eigenvalue weighted by atomic mass is 19.4. The number of allylic oxidation sites excluding steroid dienone is 1. The van der Waals surface area contributed by atoms with Crippen molar-refractivity contribution in [2.45, 2.75) is 19.2 Å². The molecular formula is C17H11F7O. The number of ether oxygens (including phenoxy) is 1. The molecule has 0 aliphatic carbocycles. The van der Waals surface area contributed by atoms with E-state index in [1.807, 2.05) is 0 Å². The summed E-state index contributed by atoms with van der Waals surface area (Å²) < 4.78 is 96.0. The molecule has 0 aliphatic heterocycles. The van der Waals surface area contributed by atoms with Crippen LogP contribution in [0, 0.1) is 18.6 Å². The Morgan fingerprint density at radius 1 is 0.880 bits per heavy atom. The zero-order valence-corrected chi connectivity index (χ0v) is 12.7. The summed E-state index contributed by atoms with van der Waals surface area (Å²) in [5.74, 6) is -3.78. The van der Waals surface area contributed by atoms with Crippen molar-refractivity contribution in [3.63, 3.8) is 0 Å². The Labute approximate surface area is 138 Å². The molecule has 0 radical (unpaired) electrons. The minimum atomic E-state index is -4.77. The van der Waals surface area contributed by atoms with Crippen molar-refractivity contribution in [3.8, 4) is 5.75 Å². The van der Waals surface area contributed by atoms with E-state index in [0.717, 1.165) is 17.7 Å². The maximum Gasteiger partial charge on any atom is 0.426 e. The fourth-order valence-corrected chi connectivity index (χ4v) is 1.91. The van der Waals surface area contributed by atoms with Gasteiger partial charge in [-0.3, -0.25) is 0 Å². The summed E-state index contributed by atoms with van der Waals surface area (Å²) in [5.41, 5.74) is -0.833. The number of aryl methyl sites for hydroxylation is 1. The van der Waals surface area contributed by atoms with Crippen LogP contribution in [-0.4, -0.2) is 6.18 Å². The van der Waals surface area contributed by atoms with Gasteiger partial charge in [-0.15, -0.1) is 0 Å². The molecule has 0 aromatic heterocycles. The van der Waals surface area contributed by atoms with E-state index in [4.69, 9.17) is 0 Å². The van der Waals surface area contributed by atoms with Crippen LogP contribution in [0.3, 0.4) is 0 Å². The van der Waals surface area contributed by atoms with Gasteiger partial charge < -0.3 is 4.74 Å². The number of rotatable bonds is 4. The molecular weight excluding hydrogens is 353 g/mol. The summed E-state index contributed by atoms with van der Waals surface area (Å²) in [6.45, 7) is 1.68. The maximum absolute atomic E-state index is 14.0. The lowest BCUT2D eigenvalue weighted by Crippen LogP contribution is -2.22. The average Bonchev–Trinajstić information content (AvgIpc) is 2.45. The molecule has 2 aromatic carbocycles. The number of hydrogen-bond donors (Lipinski definition) is 0. The normalized spacial score (nSPS) is 12.6. The van der Waals surface area contributed by atoms with Crippen LogP contribution in [0.15, 0.2) is 42.5 Å². The third-order valence-corrected chi connectivity index (χ3v) is 3.13. The molecule has 0 atom stereocenters. The highest BCUT2D eigenvalue weighted by Gasteiger charge is 2.35. The first-order valence-electron chi connectivity index (χ1n) is 6.87. The van der Waals surface area contributed by atoms with Crippen LogP contribution in [0.1, 0.15) is 16.7 Å². The van der Waals surface area contributed by atoms with Gasteiger partial charge in [-0.1, -0.05) is 17.7 Å². The van der Waals surface area contributed by atoms with Crippen molar-refractivity contribution in [1.82, 2.24) is 0 Å². The molecule has 2 aromatic rings. The molecule has 0 bridgehead atoms. The predicted molar refractivity (Wildman–Crippen MR) is 77.1 cm³/mol. The van der Waals surface area contributed by atoms with Crippen molar-refractivity contribution >= 4 is 6.08 Å². The van der Waals surface area contributed by atoms with Gasteiger partial charge in [0, 0.05) is 23.8 Å². The van der Waals surface area contributed by atoms with E-state index in [0.29, 0.717) is 12.1 Å². The maximum atomic E-state index is 14.0. The lowest BCUT2D eigenvalue weighted by Gasteiger charge is -2.19. The molecule has 25 heavy (non-hydrogen) atoms. The molecule has 0 N–H and O–H groups in total. The van der Waals surface area contributed by atoms with Crippen molar-refractivity contribution in [2.24, 2.45) is 0 Å². The molecule has 0 heterocycles. The van der Waals surface area contributed by atoms with Crippen LogP contribution in [0.25, 0.3) is 6.08 Å². The van der Waals surface area contributed by atoms with E-state index in [1.165, 1.54) is 12.1 Å². The van der Waals surface area contributed by atoms with Crippen LogP contribution in [0.5, 0.6) is 5.75 Å². The van der Waals surface area contributed by atoms with Gasteiger partial charge in [0.2, 0.25) is 0 Å². The highest BCUT2D eigenvalue weighted by molar-refractivity contribution is 5.53. The molecule has 134 valence electrons. The van der Waals surface area contributed by atoms with E-state index < -0.39 is 40.8 Å². The average molecular weight is 364 g/mol. The summed E-state index contributed by atoms with van der Waals surface area (Å²) in [6.07, 6.45) is -8.84. The number of hydrogen-bond acceptors (Lipinski definition) is 1. The molecule has 0 saturated carbocycles. The van der Waals surface area contributed by atoms with Gasteiger partial charge in [-0.25, -0.2) is 8.78 Å². The summed E-state index contributed by atoms with van der Waals surface area (Å²) >= 11 is 0. The zero-order valence-electron chi connectivity index (χ0n) is 12.7. The van der Waals surface area contributed by atoms with Gasteiger partial charge in [0.05, 0.1) is 5.56 Å². The molecule has 0 fully saturated rings. The standard InChI is InChI=1S/C17H11F7O/c1-10-2-4-11(5-3-10)17(23,24)25-12-8-14(18)13(15(19)9-12)6-7-16(20,21)22/h2-9H,1H3/b7-6+. The van der Waals surface area contributed by atoms with Gasteiger partial charge in [0.15, 0.2) is 0 Å². The minimum Gasteiger partial charge on any atom is -0.429 e. The summed E-state index contributed by atoms with van der Waals surface area (Å²) in [4.78, 5) is 0. The second-order valence-electron chi connectivity index (χ2n) is 5.16. The van der Waals surface area contributed by atoms with Gasteiger partial charge in [0.1, 0.15) is 17.4 Å². The van der Waals surface area contributed by atoms with Gasteiger partial charge in [-0.05, 0) is 25.1 Å². The van der Waals surface area contributed by atoms with E-state index >= 15 is 0 Å². The van der Waals surface area contributed by atoms with Crippen LogP contribution in [-0.2, 0) is 6.11 Å². The monoisotopic (exact) mass is 364 g/mol. The fraction of sp³-hybridized carbons (Fsp3) is 0.176. The Kier molecular flexibility index (Phi) is 5.10. The first kappa shape index (κ1) is 18.8. The second-order valence-corrected chi connectivity index (χ2v) is 5.16. The highest BCUT2D eigenvalue weighted by Crippen LogP contribution is 2.33. The lowest BCUT2D eigenvalue weighted by atomic mass is 10.1. The minimum absolute atomic E-state index is 0.173. The number of halogens is 7. The third-order valence-electron chi connectivity index (χ3n) is 3.13. The topological polar surface area (TPSA) is 9.23 Å². The SMILES string of the molecule is Cc1ccc(C(F)(F)Oc2cc(F)c(/C=C/C(F)(F)F)c(F)c2)cc1. The van der Waals surface area contributed by atoms with Gasteiger partial charge in [-0.2, -0.15) is 22.0 Å². The van der Waals surface area contributed by atoms with Gasteiger partial charge in [0.25, 0.3) is 0 Å². The van der Waals surface area contributed by atoms with Crippen LogP contribution < -0.4 is 4.74 Å². The second kappa shape index (κ2) is 6.78. The third kappa shape index (κ3) is 4.98. The summed E-state index contributed by atoms with van der Waals surface area (Å²) in [6, 6.07) is 5.75. The molecule has 0 saturated heterocycles. The van der Waals surface area contributed by atoms with E-state index in [2.05, 4.69) is 4.74 Å². The Balaban J connectivity index is 2.29. The van der Waals surface area contributed by atoms with Gasteiger partial charge >= 0.3 is 12.3 Å². The van der Waals surface area contributed by atoms with Crippen LogP contribution in [0.4, 0.5) is 30.7 Å². The molecule has 0 spiro atoms. The molecule has 0 unspecified atom stereocenters. The predicted octanol–water partition coefficient (Wildman–Crippen LogP) is 5.98. The smallest absolute Gasteiger partial charge is 0.426 e. The van der Waals surface area contributed by atoms with Crippen LogP contribution in [0.2, 0.25) is 0 Å². The molecule has 0 amide bonds. The molecule has 1 nitrogen and oxygen atoms in total. The van der Waals surface area contributed by atoms with Crippen molar-refractivity contribution in [1.29, 1.82) is 0 Å². The zero-order chi connectivity index (χ0) is 18.8. The summed E-state index contributed by atoms with van der Waals surface area (Å²) in [7, 11) is 0. The Morgan fingerprint density at radius 3 is 1.88 bits per heavy atom. The number of alkyl halides is 5. The first-order chi connectivity index (χ1) is 11.5. The van der Waals surface area contributed by atoms with Crippen LogP contribution >= 0.6 is 0 Å². The first-order valence-corrected chi connectivity index (χ1v) is 6.87. The molecule has 8 heteroatoms. The van der Waals surface area contributed by atoms with Crippen molar-refractivity contribution < 1.29 is 35.5 Å². The van der Waals surface area contributed by atoms with Crippen molar-refractivity contribution in [3.05, 3.63) is 70.8 Å². The van der Waals surface area contributed by atoms with Crippen molar-refractivity contribution in [2.75, 3.05) is 0 Å². The van der Waals surface area contributed by atoms with E-state index in [1.54, 1.807) is 6.92 Å². The Bertz CT molecular complexity index is 754. The Morgan fingerprint density at radius 2 is 1.40 bits per heavy atom. The summed E-state index contributed by atoms with van der Waals surface area (Å²) in [5, 5.41) is 0. The molecule has 0 aliphatic rings. The van der Waals surface area contributed by atoms with E-state index in [9.17, 15) is 30.7 Å². The molecule has 2 rings (SSSR count). The lowest BCUT2D eigenvalue weighted by molar-refractivity contribution is -0.185. The fourth-order valence-electron chi connectivity index (χ4n) is 1.91.